The lowest BCUT2D eigenvalue weighted by molar-refractivity contribution is 0.487. The van der Waals surface area contributed by atoms with E-state index in [1.54, 1.807) is 12.1 Å². The maximum atomic E-state index is 12.6. The Bertz CT molecular complexity index is 867. The van der Waals surface area contributed by atoms with Gasteiger partial charge >= 0.3 is 5.69 Å². The number of rotatable bonds is 2. The average Bonchev–Trinajstić information content (AvgIpc) is 2.46. The summed E-state index contributed by atoms with van der Waals surface area (Å²) in [5.41, 5.74) is 1.82. The van der Waals surface area contributed by atoms with Crippen LogP contribution >= 0.6 is 0 Å². The van der Waals surface area contributed by atoms with Gasteiger partial charge in [0.15, 0.2) is 0 Å². The molecule has 1 aliphatic carbocycles. The third-order valence-corrected chi connectivity index (χ3v) is 5.74. The molecule has 0 amide bonds. The van der Waals surface area contributed by atoms with Crippen molar-refractivity contribution in [2.45, 2.75) is 38.0 Å². The first kappa shape index (κ1) is 15.0. The lowest BCUT2D eigenvalue weighted by atomic mass is 9.89. The van der Waals surface area contributed by atoms with E-state index in [9.17, 15) is 13.2 Å². The molecule has 6 heteroatoms. The monoisotopic (exact) mass is 318 g/mol. The lowest BCUT2D eigenvalue weighted by Gasteiger charge is -2.20. The van der Waals surface area contributed by atoms with Crippen LogP contribution in [-0.4, -0.2) is 17.4 Å². The van der Waals surface area contributed by atoms with Gasteiger partial charge in [0.05, 0.1) is 10.6 Å². The highest BCUT2D eigenvalue weighted by molar-refractivity contribution is 7.90. The lowest BCUT2D eigenvalue weighted by Crippen LogP contribution is -2.32. The highest BCUT2D eigenvalue weighted by atomic mass is 32.2. The molecule has 3 rings (SSSR count). The van der Waals surface area contributed by atoms with E-state index in [1.807, 2.05) is 6.92 Å². The van der Waals surface area contributed by atoms with Gasteiger partial charge in [0, 0.05) is 6.20 Å². The molecule has 1 aromatic carbocycles. The molecule has 0 saturated carbocycles. The van der Waals surface area contributed by atoms with E-state index in [-0.39, 0.29) is 4.90 Å². The number of aromatic nitrogens is 2. The molecule has 1 heterocycles. The minimum absolute atomic E-state index is 0.103. The van der Waals surface area contributed by atoms with E-state index in [4.69, 9.17) is 0 Å². The summed E-state index contributed by atoms with van der Waals surface area (Å²) in [6, 6.07) is 6.45. The SMILES string of the molecule is Cc1ccc(S(=O)(=O)n2cc3c(nc2=O)CC(C)CC3)cc1. The van der Waals surface area contributed by atoms with Crippen molar-refractivity contribution in [3.63, 3.8) is 0 Å². The highest BCUT2D eigenvalue weighted by Gasteiger charge is 2.23. The summed E-state index contributed by atoms with van der Waals surface area (Å²) in [7, 11) is -3.89. The Morgan fingerprint density at radius 2 is 1.91 bits per heavy atom. The Balaban J connectivity index is 2.12. The van der Waals surface area contributed by atoms with Crippen molar-refractivity contribution < 1.29 is 8.42 Å². The predicted molar refractivity (Wildman–Crippen MR) is 83.4 cm³/mol. The first-order valence-corrected chi connectivity index (χ1v) is 8.75. The van der Waals surface area contributed by atoms with Crippen molar-refractivity contribution in [2.24, 2.45) is 5.92 Å². The topological polar surface area (TPSA) is 69.0 Å². The fourth-order valence-corrected chi connectivity index (χ4v) is 3.94. The Morgan fingerprint density at radius 3 is 2.59 bits per heavy atom. The van der Waals surface area contributed by atoms with Crippen LogP contribution in [0.2, 0.25) is 0 Å². The van der Waals surface area contributed by atoms with E-state index in [0.717, 1.165) is 40.1 Å². The smallest absolute Gasteiger partial charge is 0.245 e. The largest absolute Gasteiger partial charge is 0.361 e. The van der Waals surface area contributed by atoms with Crippen LogP contribution in [0.15, 0.2) is 40.2 Å². The summed E-state index contributed by atoms with van der Waals surface area (Å²) in [4.78, 5) is 16.3. The summed E-state index contributed by atoms with van der Waals surface area (Å²) < 4.78 is 26.0. The maximum Gasteiger partial charge on any atom is 0.361 e. The molecule has 0 N–H and O–H groups in total. The minimum Gasteiger partial charge on any atom is -0.245 e. The van der Waals surface area contributed by atoms with E-state index < -0.39 is 15.7 Å². The predicted octanol–water partition coefficient (Wildman–Crippen LogP) is 1.91. The van der Waals surface area contributed by atoms with Gasteiger partial charge in [-0.05, 0) is 49.8 Å². The first-order valence-electron chi connectivity index (χ1n) is 7.31. The summed E-state index contributed by atoms with van der Waals surface area (Å²) in [6.45, 7) is 3.99. The van der Waals surface area contributed by atoms with Crippen LogP contribution in [0, 0.1) is 12.8 Å². The molecule has 0 aliphatic heterocycles. The van der Waals surface area contributed by atoms with Gasteiger partial charge in [-0.1, -0.05) is 24.6 Å². The zero-order valence-corrected chi connectivity index (χ0v) is 13.4. The van der Waals surface area contributed by atoms with Gasteiger partial charge in [0.25, 0.3) is 10.0 Å². The van der Waals surface area contributed by atoms with Crippen LogP contribution < -0.4 is 5.69 Å². The standard InChI is InChI=1S/C16H18N2O3S/c1-11-4-7-14(8-5-11)22(20,21)18-10-13-6-3-12(2)9-15(13)17-16(18)19/h4-5,7-8,10,12H,3,6,9H2,1-2H3. The average molecular weight is 318 g/mol. The number of benzene rings is 1. The molecule has 116 valence electrons. The van der Waals surface area contributed by atoms with Crippen LogP contribution in [-0.2, 0) is 22.9 Å². The molecule has 1 unspecified atom stereocenters. The van der Waals surface area contributed by atoms with Crippen LogP contribution in [0.25, 0.3) is 0 Å². The van der Waals surface area contributed by atoms with Gasteiger partial charge in [-0.2, -0.15) is 8.96 Å². The van der Waals surface area contributed by atoms with Crippen LogP contribution in [0.3, 0.4) is 0 Å². The number of hydrogen-bond donors (Lipinski definition) is 0. The normalized spacial score (nSPS) is 18.0. The van der Waals surface area contributed by atoms with E-state index >= 15 is 0 Å². The maximum absolute atomic E-state index is 12.6. The molecule has 1 aromatic heterocycles. The highest BCUT2D eigenvalue weighted by Crippen LogP contribution is 2.23. The van der Waals surface area contributed by atoms with Gasteiger partial charge in [-0.3, -0.25) is 0 Å². The second-order valence-corrected chi connectivity index (χ2v) is 7.77. The molecule has 0 fully saturated rings. The fraction of sp³-hybridized carbons (Fsp3) is 0.375. The molecule has 0 bridgehead atoms. The second-order valence-electron chi connectivity index (χ2n) is 5.96. The van der Waals surface area contributed by atoms with Crippen molar-refractivity contribution in [2.75, 3.05) is 0 Å². The second kappa shape index (κ2) is 5.35. The van der Waals surface area contributed by atoms with Crippen molar-refractivity contribution in [3.8, 4) is 0 Å². The third kappa shape index (κ3) is 2.59. The zero-order valence-electron chi connectivity index (χ0n) is 12.6. The molecule has 22 heavy (non-hydrogen) atoms. The number of aryl methyl sites for hydroxylation is 2. The summed E-state index contributed by atoms with van der Waals surface area (Å²) >= 11 is 0. The fourth-order valence-electron chi connectivity index (χ4n) is 2.72. The molecule has 0 radical (unpaired) electrons. The molecule has 0 saturated heterocycles. The van der Waals surface area contributed by atoms with Crippen LogP contribution in [0.1, 0.15) is 30.2 Å². The number of nitrogens with zero attached hydrogens (tertiary/aromatic N) is 2. The molecule has 1 atom stereocenters. The van der Waals surface area contributed by atoms with Crippen LogP contribution in [0.5, 0.6) is 0 Å². The van der Waals surface area contributed by atoms with Crippen molar-refractivity contribution in [1.82, 2.24) is 8.96 Å². The number of fused-ring (bicyclic) bond motifs is 1. The van der Waals surface area contributed by atoms with Crippen molar-refractivity contribution in [3.05, 3.63) is 57.8 Å². The van der Waals surface area contributed by atoms with Gasteiger partial charge < -0.3 is 0 Å². The summed E-state index contributed by atoms with van der Waals surface area (Å²) in [5.74, 6) is 0.476. The molecule has 1 aliphatic rings. The first-order chi connectivity index (χ1) is 10.4. The Kier molecular flexibility index (Phi) is 3.64. The quantitative estimate of drug-likeness (QED) is 0.848. The van der Waals surface area contributed by atoms with Gasteiger partial charge in [-0.15, -0.1) is 0 Å². The van der Waals surface area contributed by atoms with E-state index in [2.05, 4.69) is 11.9 Å². The number of hydrogen-bond acceptors (Lipinski definition) is 4. The molecule has 2 aromatic rings. The van der Waals surface area contributed by atoms with Crippen molar-refractivity contribution in [1.29, 1.82) is 0 Å². The Morgan fingerprint density at radius 1 is 1.23 bits per heavy atom. The van der Waals surface area contributed by atoms with Gasteiger partial charge in [0.2, 0.25) is 0 Å². The van der Waals surface area contributed by atoms with E-state index in [0.29, 0.717) is 5.92 Å². The van der Waals surface area contributed by atoms with Gasteiger partial charge in [-0.25, -0.2) is 13.2 Å². The molecular formula is C16H18N2O3S. The zero-order chi connectivity index (χ0) is 15.9. The third-order valence-electron chi connectivity index (χ3n) is 4.09. The van der Waals surface area contributed by atoms with Crippen molar-refractivity contribution >= 4 is 10.0 Å². The Hall–Kier alpha value is -1.95. The minimum atomic E-state index is -3.89. The molecule has 5 nitrogen and oxygen atoms in total. The van der Waals surface area contributed by atoms with E-state index in [1.165, 1.54) is 18.3 Å². The molecular weight excluding hydrogens is 300 g/mol. The summed E-state index contributed by atoms with van der Waals surface area (Å²) in [5, 5.41) is 0. The summed E-state index contributed by atoms with van der Waals surface area (Å²) in [6.07, 6.45) is 3.92. The molecule has 0 spiro atoms. The van der Waals surface area contributed by atoms with Crippen LogP contribution in [0.4, 0.5) is 0 Å². The van der Waals surface area contributed by atoms with Gasteiger partial charge in [0.1, 0.15) is 0 Å². The Labute approximate surface area is 129 Å².